The number of hydrogen-bond acceptors (Lipinski definition) is 1. The first-order valence-electron chi connectivity index (χ1n) is 8.49. The van der Waals surface area contributed by atoms with Crippen LogP contribution in [0.2, 0.25) is 0 Å². The van der Waals surface area contributed by atoms with Crippen LogP contribution >= 0.6 is 0 Å². The van der Waals surface area contributed by atoms with Crippen molar-refractivity contribution >= 4 is 0 Å². The van der Waals surface area contributed by atoms with E-state index in [-0.39, 0.29) is 0 Å². The van der Waals surface area contributed by atoms with Gasteiger partial charge in [-0.1, -0.05) is 84.9 Å². The lowest BCUT2D eigenvalue weighted by molar-refractivity contribution is 1.29. The zero-order valence-electron chi connectivity index (χ0n) is 14.2. The van der Waals surface area contributed by atoms with Crippen LogP contribution < -0.4 is 0 Å². The van der Waals surface area contributed by atoms with Gasteiger partial charge in [0.25, 0.3) is 0 Å². The van der Waals surface area contributed by atoms with Crippen molar-refractivity contribution in [2.75, 3.05) is 0 Å². The van der Waals surface area contributed by atoms with E-state index in [1.54, 1.807) is 0 Å². The van der Waals surface area contributed by atoms with Crippen molar-refractivity contribution < 1.29 is 0 Å². The van der Waals surface area contributed by atoms with E-state index < -0.39 is 0 Å². The van der Waals surface area contributed by atoms with Crippen molar-refractivity contribution in [3.63, 3.8) is 0 Å². The summed E-state index contributed by atoms with van der Waals surface area (Å²) in [7, 11) is 0. The molecule has 0 aliphatic rings. The molecular formula is C24H19N. The quantitative estimate of drug-likeness (QED) is 0.426. The molecule has 120 valence electrons. The van der Waals surface area contributed by atoms with E-state index in [0.29, 0.717) is 0 Å². The number of aryl methyl sites for hydroxylation is 1. The minimum absolute atomic E-state index is 1.01. The smallest absolute Gasteiger partial charge is 0.0705 e. The van der Waals surface area contributed by atoms with Gasteiger partial charge in [-0.3, -0.25) is 4.98 Å². The molecule has 0 spiro atoms. The average Bonchev–Trinajstić information content (AvgIpc) is 2.69. The molecule has 0 aliphatic carbocycles. The molecule has 0 radical (unpaired) electrons. The molecule has 0 fully saturated rings. The minimum atomic E-state index is 1.01. The van der Waals surface area contributed by atoms with E-state index in [4.69, 9.17) is 0 Å². The Kier molecular flexibility index (Phi) is 4.14. The van der Waals surface area contributed by atoms with Gasteiger partial charge in [0, 0.05) is 17.3 Å². The van der Waals surface area contributed by atoms with Crippen LogP contribution in [0.3, 0.4) is 0 Å². The number of benzene rings is 3. The van der Waals surface area contributed by atoms with Gasteiger partial charge in [-0.05, 0) is 35.2 Å². The van der Waals surface area contributed by atoms with Gasteiger partial charge in [-0.2, -0.15) is 0 Å². The molecule has 1 nitrogen and oxygen atoms in total. The van der Waals surface area contributed by atoms with Crippen LogP contribution in [0, 0.1) is 6.92 Å². The van der Waals surface area contributed by atoms with Gasteiger partial charge in [0.2, 0.25) is 0 Å². The third kappa shape index (κ3) is 3.22. The van der Waals surface area contributed by atoms with Crippen LogP contribution in [0.5, 0.6) is 0 Å². The molecule has 1 heterocycles. The van der Waals surface area contributed by atoms with Crippen LogP contribution in [-0.4, -0.2) is 4.98 Å². The van der Waals surface area contributed by atoms with Crippen molar-refractivity contribution in [2.24, 2.45) is 0 Å². The Morgan fingerprint density at radius 1 is 0.560 bits per heavy atom. The molecule has 0 unspecified atom stereocenters. The van der Waals surface area contributed by atoms with E-state index in [0.717, 1.165) is 11.3 Å². The lowest BCUT2D eigenvalue weighted by Gasteiger charge is -2.09. The maximum absolute atomic E-state index is 4.69. The van der Waals surface area contributed by atoms with Gasteiger partial charge >= 0.3 is 0 Å². The molecule has 25 heavy (non-hydrogen) atoms. The molecule has 4 rings (SSSR count). The first kappa shape index (κ1) is 15.3. The first-order valence-corrected chi connectivity index (χ1v) is 8.49. The maximum atomic E-state index is 4.69. The standard InChI is InChI=1S/C24H19N/c1-18-16-24(25-17-23(18)21-10-6-3-7-11-21)22-14-12-20(13-15-22)19-8-4-2-5-9-19/h2-17H,1H3. The van der Waals surface area contributed by atoms with Crippen LogP contribution in [0.1, 0.15) is 5.56 Å². The second kappa shape index (κ2) is 6.74. The summed E-state index contributed by atoms with van der Waals surface area (Å²) in [5.41, 5.74) is 8.24. The molecule has 0 bridgehead atoms. The van der Waals surface area contributed by atoms with Crippen LogP contribution in [0.25, 0.3) is 33.5 Å². The summed E-state index contributed by atoms with van der Waals surface area (Å²) in [4.78, 5) is 4.69. The maximum Gasteiger partial charge on any atom is 0.0705 e. The highest BCUT2D eigenvalue weighted by Gasteiger charge is 2.06. The summed E-state index contributed by atoms with van der Waals surface area (Å²) < 4.78 is 0. The second-order valence-corrected chi connectivity index (χ2v) is 6.19. The summed E-state index contributed by atoms with van der Waals surface area (Å²) in [6.07, 6.45) is 1.98. The van der Waals surface area contributed by atoms with Crippen molar-refractivity contribution in [3.05, 3.63) is 103 Å². The van der Waals surface area contributed by atoms with E-state index in [2.05, 4.69) is 90.8 Å². The molecule has 0 amide bonds. The van der Waals surface area contributed by atoms with Crippen LogP contribution in [-0.2, 0) is 0 Å². The zero-order valence-corrected chi connectivity index (χ0v) is 14.2. The zero-order chi connectivity index (χ0) is 17.1. The summed E-state index contributed by atoms with van der Waals surface area (Å²) in [5, 5.41) is 0. The summed E-state index contributed by atoms with van der Waals surface area (Å²) in [6.45, 7) is 2.14. The number of pyridine rings is 1. The second-order valence-electron chi connectivity index (χ2n) is 6.19. The number of hydrogen-bond donors (Lipinski definition) is 0. The molecule has 1 aromatic heterocycles. The topological polar surface area (TPSA) is 12.9 Å². The fourth-order valence-corrected chi connectivity index (χ4v) is 3.10. The Hall–Kier alpha value is -3.19. The summed E-state index contributed by atoms with van der Waals surface area (Å²) in [6, 6.07) is 31.6. The van der Waals surface area contributed by atoms with E-state index in [1.165, 1.54) is 27.8 Å². The Balaban J connectivity index is 1.65. The molecule has 1 heteroatoms. The normalized spacial score (nSPS) is 10.6. The van der Waals surface area contributed by atoms with Crippen LogP contribution in [0.4, 0.5) is 0 Å². The third-order valence-corrected chi connectivity index (χ3v) is 4.48. The fraction of sp³-hybridized carbons (Fsp3) is 0.0417. The summed E-state index contributed by atoms with van der Waals surface area (Å²) >= 11 is 0. The highest BCUT2D eigenvalue weighted by molar-refractivity contribution is 5.72. The average molecular weight is 321 g/mol. The van der Waals surface area contributed by atoms with Gasteiger partial charge in [0.1, 0.15) is 0 Å². The molecule has 0 atom stereocenters. The highest BCUT2D eigenvalue weighted by Crippen LogP contribution is 2.28. The Bertz CT molecular complexity index is 971. The first-order chi connectivity index (χ1) is 12.3. The van der Waals surface area contributed by atoms with Gasteiger partial charge in [-0.25, -0.2) is 0 Å². The highest BCUT2D eigenvalue weighted by atomic mass is 14.7. The molecular weight excluding hydrogens is 302 g/mol. The van der Waals surface area contributed by atoms with Gasteiger partial charge in [-0.15, -0.1) is 0 Å². The molecule has 0 aliphatic heterocycles. The molecule has 0 saturated heterocycles. The SMILES string of the molecule is Cc1cc(-c2ccc(-c3ccccc3)cc2)ncc1-c1ccccc1. The van der Waals surface area contributed by atoms with Crippen LogP contribution in [0.15, 0.2) is 97.2 Å². The molecule has 4 aromatic rings. The minimum Gasteiger partial charge on any atom is -0.256 e. The predicted octanol–water partition coefficient (Wildman–Crippen LogP) is 6.39. The van der Waals surface area contributed by atoms with Gasteiger partial charge in [0.05, 0.1) is 5.69 Å². The Morgan fingerprint density at radius 3 is 1.68 bits per heavy atom. The van der Waals surface area contributed by atoms with Crippen molar-refractivity contribution in [3.8, 4) is 33.5 Å². The Labute approximate surface area is 148 Å². The van der Waals surface area contributed by atoms with Gasteiger partial charge in [0.15, 0.2) is 0 Å². The van der Waals surface area contributed by atoms with Crippen molar-refractivity contribution in [1.82, 2.24) is 4.98 Å². The Morgan fingerprint density at radius 2 is 1.08 bits per heavy atom. The van der Waals surface area contributed by atoms with Gasteiger partial charge < -0.3 is 0 Å². The monoisotopic (exact) mass is 321 g/mol. The van der Waals surface area contributed by atoms with Crippen molar-refractivity contribution in [2.45, 2.75) is 6.92 Å². The third-order valence-electron chi connectivity index (χ3n) is 4.48. The predicted molar refractivity (Wildman–Crippen MR) is 105 cm³/mol. The number of aromatic nitrogens is 1. The van der Waals surface area contributed by atoms with E-state index in [9.17, 15) is 0 Å². The number of rotatable bonds is 3. The molecule has 3 aromatic carbocycles. The van der Waals surface area contributed by atoms with E-state index in [1.807, 2.05) is 18.3 Å². The lowest BCUT2D eigenvalue weighted by Crippen LogP contribution is -1.89. The van der Waals surface area contributed by atoms with Crippen molar-refractivity contribution in [1.29, 1.82) is 0 Å². The molecule has 0 N–H and O–H groups in total. The lowest BCUT2D eigenvalue weighted by atomic mass is 9.99. The molecule has 0 saturated carbocycles. The number of nitrogens with zero attached hydrogens (tertiary/aromatic N) is 1. The summed E-state index contributed by atoms with van der Waals surface area (Å²) in [5.74, 6) is 0. The largest absolute Gasteiger partial charge is 0.256 e. The van der Waals surface area contributed by atoms with E-state index >= 15 is 0 Å². The fourth-order valence-electron chi connectivity index (χ4n) is 3.10.